The van der Waals surface area contributed by atoms with Crippen LogP contribution >= 0.6 is 9.24 Å². The second kappa shape index (κ2) is 7.87. The standard InChI is InChI=1S/C12H17N2O5P/c1-8(12(18)20)13-9(15)4-6-19-7-5-14-10(16)2-3-11(14)17/h2-3,8H,4-7,20H2,1H3,(H,13,15). The number of carbonyl (C=O) groups is 4. The number of nitrogens with zero attached hydrogens (tertiary/aromatic N) is 1. The fraction of sp³-hybridized carbons (Fsp3) is 0.500. The highest BCUT2D eigenvalue weighted by Crippen LogP contribution is 2.02. The van der Waals surface area contributed by atoms with Gasteiger partial charge in [-0.1, -0.05) is 9.24 Å². The van der Waals surface area contributed by atoms with Gasteiger partial charge in [-0.05, 0) is 6.92 Å². The van der Waals surface area contributed by atoms with Gasteiger partial charge >= 0.3 is 0 Å². The van der Waals surface area contributed by atoms with Gasteiger partial charge in [-0.3, -0.25) is 24.1 Å². The predicted molar refractivity (Wildman–Crippen MR) is 73.6 cm³/mol. The van der Waals surface area contributed by atoms with Crippen LogP contribution in [0, 0.1) is 0 Å². The largest absolute Gasteiger partial charge is 0.379 e. The minimum absolute atomic E-state index is 0.114. The highest BCUT2D eigenvalue weighted by molar-refractivity contribution is 7.40. The van der Waals surface area contributed by atoms with E-state index in [4.69, 9.17) is 4.74 Å². The molecule has 0 saturated heterocycles. The van der Waals surface area contributed by atoms with Crippen molar-refractivity contribution in [1.82, 2.24) is 10.2 Å². The van der Waals surface area contributed by atoms with Crippen LogP contribution in [0.25, 0.3) is 0 Å². The number of amides is 3. The summed E-state index contributed by atoms with van der Waals surface area (Å²) < 4.78 is 5.18. The normalized spacial score (nSPS) is 15.6. The molecule has 0 aromatic carbocycles. The Morgan fingerprint density at radius 2 is 1.90 bits per heavy atom. The van der Waals surface area contributed by atoms with Gasteiger partial charge in [0.25, 0.3) is 11.8 Å². The molecule has 0 bridgehead atoms. The van der Waals surface area contributed by atoms with Crippen LogP contribution in [0.3, 0.4) is 0 Å². The number of hydrogen-bond acceptors (Lipinski definition) is 5. The van der Waals surface area contributed by atoms with E-state index in [-0.39, 0.29) is 49.4 Å². The molecule has 1 aliphatic heterocycles. The molecule has 3 amide bonds. The van der Waals surface area contributed by atoms with E-state index in [0.717, 1.165) is 4.90 Å². The molecule has 2 atom stereocenters. The highest BCUT2D eigenvalue weighted by Gasteiger charge is 2.22. The lowest BCUT2D eigenvalue weighted by Gasteiger charge is -2.14. The van der Waals surface area contributed by atoms with Crippen molar-refractivity contribution in [3.63, 3.8) is 0 Å². The van der Waals surface area contributed by atoms with Crippen LogP contribution in [0.4, 0.5) is 0 Å². The number of nitrogens with one attached hydrogen (secondary N) is 1. The van der Waals surface area contributed by atoms with Gasteiger partial charge in [-0.15, -0.1) is 0 Å². The van der Waals surface area contributed by atoms with Crippen LogP contribution in [0.5, 0.6) is 0 Å². The molecular formula is C12H17N2O5P. The topological polar surface area (TPSA) is 92.8 Å². The fourth-order valence-corrected chi connectivity index (χ4v) is 1.54. The zero-order chi connectivity index (χ0) is 15.1. The highest BCUT2D eigenvalue weighted by atomic mass is 31.0. The molecule has 7 nitrogen and oxygen atoms in total. The van der Waals surface area contributed by atoms with Gasteiger partial charge in [-0.25, -0.2) is 0 Å². The first kappa shape index (κ1) is 16.5. The molecule has 8 heteroatoms. The van der Waals surface area contributed by atoms with Gasteiger partial charge in [0.15, 0.2) is 5.52 Å². The Bertz CT molecular complexity index is 431. The number of carbonyl (C=O) groups excluding carboxylic acids is 4. The molecule has 0 saturated carbocycles. The van der Waals surface area contributed by atoms with Crippen LogP contribution in [0.15, 0.2) is 12.2 Å². The van der Waals surface area contributed by atoms with Crippen LogP contribution in [-0.2, 0) is 23.9 Å². The SMILES string of the molecule is CC(NC(=O)CCOCCN1C(=O)C=CC1=O)C(=O)P. The lowest BCUT2D eigenvalue weighted by molar-refractivity contribution is -0.138. The Morgan fingerprint density at radius 3 is 2.45 bits per heavy atom. The summed E-state index contributed by atoms with van der Waals surface area (Å²) in [4.78, 5) is 45.8. The number of rotatable bonds is 8. The third-order valence-corrected chi connectivity index (χ3v) is 3.14. The molecule has 2 unspecified atom stereocenters. The molecule has 0 spiro atoms. The number of ether oxygens (including phenoxy) is 1. The summed E-state index contributed by atoms with van der Waals surface area (Å²) in [6, 6.07) is -0.543. The monoisotopic (exact) mass is 300 g/mol. The van der Waals surface area contributed by atoms with E-state index in [1.54, 1.807) is 6.92 Å². The summed E-state index contributed by atoms with van der Waals surface area (Å²) in [7, 11) is 2.00. The molecule has 0 aromatic rings. The molecule has 1 aliphatic rings. The predicted octanol–water partition coefficient (Wildman–Crippen LogP) is -0.776. The number of imide groups is 1. The van der Waals surface area contributed by atoms with E-state index in [2.05, 4.69) is 5.32 Å². The van der Waals surface area contributed by atoms with Gasteiger partial charge in [0.2, 0.25) is 5.91 Å². The van der Waals surface area contributed by atoms with Crippen molar-refractivity contribution >= 4 is 32.5 Å². The summed E-state index contributed by atoms with van der Waals surface area (Å²) in [6.45, 7) is 2.08. The van der Waals surface area contributed by atoms with Crippen molar-refractivity contribution < 1.29 is 23.9 Å². The molecule has 20 heavy (non-hydrogen) atoms. The second-order valence-corrected chi connectivity index (χ2v) is 4.78. The fourth-order valence-electron chi connectivity index (χ4n) is 1.46. The first-order valence-corrected chi connectivity index (χ1v) is 6.69. The van der Waals surface area contributed by atoms with Gasteiger partial charge < -0.3 is 10.1 Å². The molecule has 0 radical (unpaired) electrons. The van der Waals surface area contributed by atoms with Crippen molar-refractivity contribution in [2.75, 3.05) is 19.8 Å². The Kier molecular flexibility index (Phi) is 6.48. The van der Waals surface area contributed by atoms with E-state index in [1.165, 1.54) is 12.2 Å². The molecule has 1 N–H and O–H groups in total. The summed E-state index contributed by atoms with van der Waals surface area (Å²) in [6.07, 6.45) is 2.52. The average Bonchev–Trinajstić information content (AvgIpc) is 2.69. The van der Waals surface area contributed by atoms with Crippen LogP contribution in [-0.4, -0.2) is 53.9 Å². The Morgan fingerprint density at radius 1 is 1.30 bits per heavy atom. The summed E-state index contributed by atoms with van der Waals surface area (Å²) in [5.41, 5.74) is -0.196. The van der Waals surface area contributed by atoms with E-state index in [9.17, 15) is 19.2 Å². The summed E-state index contributed by atoms with van der Waals surface area (Å²) in [5.74, 6) is -1.00. The van der Waals surface area contributed by atoms with Crippen molar-refractivity contribution in [2.24, 2.45) is 0 Å². The zero-order valence-electron chi connectivity index (χ0n) is 11.1. The van der Waals surface area contributed by atoms with E-state index < -0.39 is 6.04 Å². The maximum absolute atomic E-state index is 11.4. The van der Waals surface area contributed by atoms with E-state index >= 15 is 0 Å². The van der Waals surface area contributed by atoms with E-state index in [0.29, 0.717) is 0 Å². The summed E-state index contributed by atoms with van der Waals surface area (Å²) in [5, 5.41) is 2.51. The smallest absolute Gasteiger partial charge is 0.253 e. The van der Waals surface area contributed by atoms with E-state index in [1.807, 2.05) is 9.24 Å². The molecular weight excluding hydrogens is 283 g/mol. The Balaban J connectivity index is 2.10. The first-order chi connectivity index (χ1) is 9.41. The maximum Gasteiger partial charge on any atom is 0.253 e. The van der Waals surface area contributed by atoms with Crippen molar-refractivity contribution in [3.8, 4) is 0 Å². The van der Waals surface area contributed by atoms with Crippen molar-refractivity contribution in [3.05, 3.63) is 12.2 Å². The van der Waals surface area contributed by atoms with Gasteiger partial charge in [0.05, 0.1) is 25.8 Å². The third kappa shape index (κ3) is 5.19. The average molecular weight is 300 g/mol. The Hall–Kier alpha value is -1.59. The maximum atomic E-state index is 11.4. The van der Waals surface area contributed by atoms with Crippen LogP contribution in [0.2, 0.25) is 0 Å². The molecule has 0 aromatic heterocycles. The lowest BCUT2D eigenvalue weighted by Crippen LogP contribution is -2.37. The minimum atomic E-state index is -0.543. The first-order valence-electron chi connectivity index (χ1n) is 6.11. The van der Waals surface area contributed by atoms with Crippen molar-refractivity contribution in [1.29, 1.82) is 0 Å². The quantitative estimate of drug-likeness (QED) is 0.361. The molecule has 1 heterocycles. The molecule has 0 aliphatic carbocycles. The third-order valence-electron chi connectivity index (χ3n) is 2.64. The molecule has 1 rings (SSSR count). The Labute approximate surface area is 118 Å². The molecule has 0 fully saturated rings. The molecule has 110 valence electrons. The zero-order valence-corrected chi connectivity index (χ0v) is 12.3. The second-order valence-electron chi connectivity index (χ2n) is 4.22. The summed E-state index contributed by atoms with van der Waals surface area (Å²) >= 11 is 0. The van der Waals surface area contributed by atoms with Gasteiger partial charge in [-0.2, -0.15) is 0 Å². The minimum Gasteiger partial charge on any atom is -0.379 e. The van der Waals surface area contributed by atoms with Crippen LogP contribution < -0.4 is 5.32 Å². The lowest BCUT2D eigenvalue weighted by atomic mass is 10.3. The van der Waals surface area contributed by atoms with Crippen molar-refractivity contribution in [2.45, 2.75) is 19.4 Å². The van der Waals surface area contributed by atoms with Crippen LogP contribution in [0.1, 0.15) is 13.3 Å². The van der Waals surface area contributed by atoms with Gasteiger partial charge in [0, 0.05) is 18.6 Å². The van der Waals surface area contributed by atoms with Gasteiger partial charge in [0.1, 0.15) is 0 Å². The number of hydrogen-bond donors (Lipinski definition) is 1.